The third kappa shape index (κ3) is 5.03. The lowest BCUT2D eigenvalue weighted by atomic mass is 10.2. The van der Waals surface area contributed by atoms with Crippen molar-refractivity contribution in [3.05, 3.63) is 70.5 Å². The molecule has 0 saturated heterocycles. The first-order chi connectivity index (χ1) is 15.7. The normalized spacial score (nSPS) is 10.6. The molecule has 0 aliphatic heterocycles. The van der Waals surface area contributed by atoms with Crippen molar-refractivity contribution >= 4 is 17.3 Å². The Kier molecular flexibility index (Phi) is 6.61. The fourth-order valence-electron chi connectivity index (χ4n) is 2.80. The van der Waals surface area contributed by atoms with Gasteiger partial charge in [-0.25, -0.2) is 9.78 Å². The van der Waals surface area contributed by atoms with Crippen molar-refractivity contribution in [2.45, 2.75) is 13.2 Å². The Morgan fingerprint density at radius 3 is 2.75 bits per heavy atom. The second kappa shape index (κ2) is 9.92. The number of carbonyl (C=O) groups excluding carboxylic acids is 1. The molecule has 0 spiro atoms. The van der Waals surface area contributed by atoms with Gasteiger partial charge in [0.05, 0.1) is 36.6 Å². The molecule has 2 aromatic heterocycles. The first-order valence-electron chi connectivity index (χ1n) is 9.48. The number of hydrogen-bond donors (Lipinski definition) is 0. The lowest BCUT2D eigenvalue weighted by molar-refractivity contribution is 0.0429. The van der Waals surface area contributed by atoms with E-state index < -0.39 is 5.97 Å². The minimum absolute atomic E-state index is 0.155. The highest BCUT2D eigenvalue weighted by molar-refractivity contribution is 7.07. The number of methoxy groups -OCH3 is 2. The highest BCUT2D eigenvalue weighted by Crippen LogP contribution is 2.31. The minimum Gasteiger partial charge on any atom is -0.497 e. The van der Waals surface area contributed by atoms with Gasteiger partial charge in [-0.05, 0) is 30.3 Å². The Labute approximate surface area is 187 Å². The molecule has 0 unspecified atom stereocenters. The van der Waals surface area contributed by atoms with Crippen molar-refractivity contribution in [3.63, 3.8) is 0 Å². The topological polar surface area (TPSA) is 106 Å². The van der Waals surface area contributed by atoms with Crippen LogP contribution in [0.4, 0.5) is 0 Å². The van der Waals surface area contributed by atoms with Crippen LogP contribution >= 0.6 is 11.3 Å². The zero-order valence-corrected chi connectivity index (χ0v) is 18.1. The van der Waals surface area contributed by atoms with E-state index in [0.717, 1.165) is 5.69 Å². The molecular weight excluding hydrogens is 434 g/mol. The highest BCUT2D eigenvalue weighted by Gasteiger charge is 2.16. The molecule has 0 atom stereocenters. The zero-order valence-electron chi connectivity index (χ0n) is 17.3. The van der Waals surface area contributed by atoms with E-state index >= 15 is 0 Å². The van der Waals surface area contributed by atoms with Crippen LogP contribution < -0.4 is 14.2 Å². The molecular formula is C22H19N3O6S. The van der Waals surface area contributed by atoms with E-state index in [1.165, 1.54) is 18.4 Å². The summed E-state index contributed by atoms with van der Waals surface area (Å²) in [5.74, 6) is 1.64. The fourth-order valence-corrected chi connectivity index (χ4v) is 3.34. The monoisotopic (exact) mass is 453 g/mol. The van der Waals surface area contributed by atoms with E-state index in [2.05, 4.69) is 15.1 Å². The number of rotatable bonds is 9. The first kappa shape index (κ1) is 21.3. The van der Waals surface area contributed by atoms with Gasteiger partial charge in [0, 0.05) is 11.4 Å². The number of aromatic nitrogens is 3. The molecule has 0 amide bonds. The largest absolute Gasteiger partial charge is 0.497 e. The number of benzene rings is 2. The van der Waals surface area contributed by atoms with Crippen LogP contribution in [0.15, 0.2) is 57.9 Å². The van der Waals surface area contributed by atoms with E-state index in [4.69, 9.17) is 23.5 Å². The van der Waals surface area contributed by atoms with Gasteiger partial charge in [0.2, 0.25) is 5.82 Å². The molecule has 9 nitrogen and oxygen atoms in total. The lowest BCUT2D eigenvalue weighted by Gasteiger charge is -2.07. The molecule has 0 fully saturated rings. The van der Waals surface area contributed by atoms with E-state index in [1.807, 2.05) is 5.38 Å². The van der Waals surface area contributed by atoms with Gasteiger partial charge >= 0.3 is 5.97 Å². The van der Waals surface area contributed by atoms with E-state index in [-0.39, 0.29) is 12.5 Å². The van der Waals surface area contributed by atoms with Crippen molar-refractivity contribution in [2.24, 2.45) is 0 Å². The van der Waals surface area contributed by atoms with Gasteiger partial charge in [-0.2, -0.15) is 4.98 Å². The summed E-state index contributed by atoms with van der Waals surface area (Å²) in [6.07, 6.45) is 0. The smallest absolute Gasteiger partial charge is 0.338 e. The minimum atomic E-state index is -0.536. The lowest BCUT2D eigenvalue weighted by Crippen LogP contribution is -2.06. The molecule has 4 aromatic rings. The summed E-state index contributed by atoms with van der Waals surface area (Å²) in [6.45, 7) is 0.149. The molecule has 4 rings (SSSR count). The van der Waals surface area contributed by atoms with E-state index in [9.17, 15) is 4.79 Å². The second-order valence-electron chi connectivity index (χ2n) is 6.45. The molecule has 2 aromatic carbocycles. The predicted octanol–water partition coefficient (Wildman–Crippen LogP) is 4.15. The van der Waals surface area contributed by atoms with Gasteiger partial charge in [-0.1, -0.05) is 11.2 Å². The summed E-state index contributed by atoms with van der Waals surface area (Å²) < 4.78 is 26.7. The van der Waals surface area contributed by atoms with E-state index in [0.29, 0.717) is 40.8 Å². The summed E-state index contributed by atoms with van der Waals surface area (Å²) in [5.41, 5.74) is 3.53. The van der Waals surface area contributed by atoms with Crippen LogP contribution in [0.2, 0.25) is 0 Å². The van der Waals surface area contributed by atoms with Crippen molar-refractivity contribution < 1.29 is 28.3 Å². The summed E-state index contributed by atoms with van der Waals surface area (Å²) in [4.78, 5) is 20.9. The van der Waals surface area contributed by atoms with Gasteiger partial charge in [0.1, 0.15) is 23.9 Å². The van der Waals surface area contributed by atoms with Gasteiger partial charge in [-0.3, -0.25) is 0 Å². The quantitative estimate of drug-likeness (QED) is 0.346. The molecule has 2 heterocycles. The maximum atomic E-state index is 12.4. The van der Waals surface area contributed by atoms with Crippen LogP contribution in [0, 0.1) is 0 Å². The molecule has 10 heteroatoms. The Morgan fingerprint density at radius 1 is 1.06 bits per heavy atom. The Balaban J connectivity index is 1.38. The van der Waals surface area contributed by atoms with Gasteiger partial charge in [0.25, 0.3) is 5.89 Å². The fraction of sp³-hybridized carbons (Fsp3) is 0.182. The summed E-state index contributed by atoms with van der Waals surface area (Å²) in [6, 6.07) is 12.0. The molecule has 0 aliphatic carbocycles. The number of ether oxygens (including phenoxy) is 4. The van der Waals surface area contributed by atoms with Crippen LogP contribution in [0.25, 0.3) is 11.4 Å². The zero-order chi connectivity index (χ0) is 22.3. The Bertz CT molecular complexity index is 1190. The molecule has 0 N–H and O–H groups in total. The van der Waals surface area contributed by atoms with Crippen LogP contribution in [0.5, 0.6) is 17.2 Å². The number of nitrogens with zero attached hydrogens (tertiary/aromatic N) is 3. The average Bonchev–Trinajstić information content (AvgIpc) is 3.53. The first-order valence-corrected chi connectivity index (χ1v) is 10.4. The van der Waals surface area contributed by atoms with Crippen LogP contribution in [0.3, 0.4) is 0 Å². The van der Waals surface area contributed by atoms with Crippen molar-refractivity contribution in [1.82, 2.24) is 15.1 Å². The number of thiazole rings is 1. The molecule has 0 aliphatic rings. The third-order valence-electron chi connectivity index (χ3n) is 4.38. The highest BCUT2D eigenvalue weighted by atomic mass is 32.1. The molecule has 0 bridgehead atoms. The van der Waals surface area contributed by atoms with E-state index in [1.54, 1.807) is 55.1 Å². The van der Waals surface area contributed by atoms with Crippen molar-refractivity contribution in [2.75, 3.05) is 14.2 Å². The van der Waals surface area contributed by atoms with Crippen molar-refractivity contribution in [3.8, 4) is 28.6 Å². The average molecular weight is 453 g/mol. The summed E-state index contributed by atoms with van der Waals surface area (Å²) >= 11 is 1.49. The van der Waals surface area contributed by atoms with Crippen LogP contribution in [0.1, 0.15) is 21.9 Å². The van der Waals surface area contributed by atoms with Crippen LogP contribution in [-0.4, -0.2) is 35.3 Å². The SMILES string of the molecule is COc1ccc(-c2noc(COC(=O)c3cccc(OCc4cscn4)c3)n2)c(OC)c1. The molecule has 0 radical (unpaired) electrons. The Hall–Kier alpha value is -3.92. The van der Waals surface area contributed by atoms with Gasteiger partial charge in [-0.15, -0.1) is 11.3 Å². The van der Waals surface area contributed by atoms with Crippen LogP contribution in [-0.2, 0) is 18.0 Å². The second-order valence-corrected chi connectivity index (χ2v) is 7.17. The number of carbonyl (C=O) groups is 1. The third-order valence-corrected chi connectivity index (χ3v) is 5.02. The van der Waals surface area contributed by atoms with Crippen molar-refractivity contribution in [1.29, 1.82) is 0 Å². The van der Waals surface area contributed by atoms with Gasteiger partial charge < -0.3 is 23.5 Å². The maximum Gasteiger partial charge on any atom is 0.338 e. The molecule has 0 saturated carbocycles. The molecule has 32 heavy (non-hydrogen) atoms. The predicted molar refractivity (Wildman–Crippen MR) is 115 cm³/mol. The summed E-state index contributed by atoms with van der Waals surface area (Å²) in [5, 5.41) is 5.84. The van der Waals surface area contributed by atoms with Gasteiger partial charge in [0.15, 0.2) is 6.61 Å². The standard InChI is InChI=1S/C22H19N3O6S/c1-27-16-6-7-18(19(9-16)28-2)21-24-20(31-25-21)11-30-22(26)14-4-3-5-17(8-14)29-10-15-12-32-13-23-15/h3-9,12-13H,10-11H2,1-2H3. The number of esters is 1. The summed E-state index contributed by atoms with van der Waals surface area (Å²) in [7, 11) is 3.10. The Morgan fingerprint density at radius 2 is 1.97 bits per heavy atom. The molecule has 164 valence electrons. The number of hydrogen-bond acceptors (Lipinski definition) is 10. The maximum absolute atomic E-state index is 12.4.